The van der Waals surface area contributed by atoms with Crippen LogP contribution in [0.15, 0.2) is 17.7 Å². The number of halogens is 1. The molecule has 1 aliphatic rings. The molecule has 0 aromatic carbocycles. The Kier molecular flexibility index (Phi) is 3.77. The lowest BCUT2D eigenvalue weighted by Gasteiger charge is -2.35. The quantitative estimate of drug-likeness (QED) is 0.863. The standard InChI is InChI=1S/C14H16ClN3O2S/c1-14(20)4-6-17(7-5-14)11(19)3-2-10-12(15)16-13-18(10)8-9-21-13/h2-3,8-9,20H,4-7H2,1H3/b3-2+. The van der Waals surface area contributed by atoms with Gasteiger partial charge >= 0.3 is 0 Å². The van der Waals surface area contributed by atoms with Crippen LogP contribution in [0.1, 0.15) is 25.5 Å². The van der Waals surface area contributed by atoms with E-state index in [9.17, 15) is 9.90 Å². The van der Waals surface area contributed by atoms with Crippen molar-refractivity contribution in [2.45, 2.75) is 25.4 Å². The van der Waals surface area contributed by atoms with Gasteiger partial charge in [-0.25, -0.2) is 4.98 Å². The first-order valence-corrected chi connectivity index (χ1v) is 8.02. The van der Waals surface area contributed by atoms with Crippen molar-refractivity contribution in [1.82, 2.24) is 14.3 Å². The molecule has 7 heteroatoms. The second-order valence-electron chi connectivity index (χ2n) is 5.50. The summed E-state index contributed by atoms with van der Waals surface area (Å²) < 4.78 is 1.86. The van der Waals surface area contributed by atoms with Gasteiger partial charge in [0.05, 0.1) is 11.3 Å². The molecule has 112 valence electrons. The number of imidazole rings is 1. The maximum atomic E-state index is 12.2. The summed E-state index contributed by atoms with van der Waals surface area (Å²) in [6, 6.07) is 0. The molecule has 0 atom stereocenters. The molecule has 1 aliphatic heterocycles. The fourth-order valence-corrected chi connectivity index (χ4v) is 3.40. The molecule has 0 bridgehead atoms. The first kappa shape index (κ1) is 14.6. The third kappa shape index (κ3) is 2.97. The molecule has 0 radical (unpaired) electrons. The third-order valence-electron chi connectivity index (χ3n) is 3.79. The highest BCUT2D eigenvalue weighted by Gasteiger charge is 2.28. The summed E-state index contributed by atoms with van der Waals surface area (Å²) in [6.45, 7) is 2.96. The molecular weight excluding hydrogens is 310 g/mol. The van der Waals surface area contributed by atoms with Crippen LogP contribution in [0.5, 0.6) is 0 Å². The van der Waals surface area contributed by atoms with Gasteiger partial charge in [-0.1, -0.05) is 11.6 Å². The zero-order valence-corrected chi connectivity index (χ0v) is 13.2. The average molecular weight is 326 g/mol. The summed E-state index contributed by atoms with van der Waals surface area (Å²) in [5.74, 6) is -0.0632. The van der Waals surface area contributed by atoms with E-state index in [-0.39, 0.29) is 5.91 Å². The van der Waals surface area contributed by atoms with Crippen LogP contribution in [0.2, 0.25) is 5.15 Å². The topological polar surface area (TPSA) is 57.8 Å². The largest absolute Gasteiger partial charge is 0.390 e. The molecule has 5 nitrogen and oxygen atoms in total. The predicted molar refractivity (Wildman–Crippen MR) is 83.6 cm³/mol. The van der Waals surface area contributed by atoms with Crippen LogP contribution >= 0.6 is 22.9 Å². The fraction of sp³-hybridized carbons (Fsp3) is 0.429. The van der Waals surface area contributed by atoms with Gasteiger partial charge in [0.25, 0.3) is 0 Å². The number of hydrogen-bond acceptors (Lipinski definition) is 4. The summed E-state index contributed by atoms with van der Waals surface area (Å²) in [4.78, 5) is 18.9. The van der Waals surface area contributed by atoms with Crippen LogP contribution in [-0.4, -0.2) is 44.0 Å². The van der Waals surface area contributed by atoms with Gasteiger partial charge in [0.2, 0.25) is 5.91 Å². The van der Waals surface area contributed by atoms with E-state index in [4.69, 9.17) is 11.6 Å². The molecule has 1 amide bonds. The van der Waals surface area contributed by atoms with E-state index in [1.165, 1.54) is 17.4 Å². The Bertz CT molecular complexity index is 694. The molecule has 21 heavy (non-hydrogen) atoms. The molecule has 1 fully saturated rings. The molecular formula is C14H16ClN3O2S. The number of carbonyl (C=O) groups excluding carboxylic acids is 1. The molecule has 3 heterocycles. The summed E-state index contributed by atoms with van der Waals surface area (Å²) in [5, 5.41) is 12.2. The van der Waals surface area contributed by atoms with Gasteiger partial charge in [-0.05, 0) is 25.8 Å². The Morgan fingerprint density at radius 3 is 2.95 bits per heavy atom. The lowest BCUT2D eigenvalue weighted by molar-refractivity contribution is -0.129. The second kappa shape index (κ2) is 5.44. The number of fused-ring (bicyclic) bond motifs is 1. The molecule has 0 unspecified atom stereocenters. The van der Waals surface area contributed by atoms with Crippen LogP contribution in [-0.2, 0) is 4.79 Å². The number of piperidine rings is 1. The summed E-state index contributed by atoms with van der Waals surface area (Å²) in [6.07, 6.45) is 6.31. The van der Waals surface area contributed by atoms with Crippen molar-refractivity contribution in [3.63, 3.8) is 0 Å². The number of amides is 1. The van der Waals surface area contributed by atoms with E-state index in [0.29, 0.717) is 36.8 Å². The Morgan fingerprint density at radius 1 is 1.52 bits per heavy atom. The molecule has 2 aromatic heterocycles. The second-order valence-corrected chi connectivity index (χ2v) is 6.73. The van der Waals surface area contributed by atoms with Crippen molar-refractivity contribution < 1.29 is 9.90 Å². The lowest BCUT2D eigenvalue weighted by Crippen LogP contribution is -2.44. The Balaban J connectivity index is 1.73. The molecule has 2 aromatic rings. The van der Waals surface area contributed by atoms with Crippen molar-refractivity contribution in [3.8, 4) is 0 Å². The zero-order chi connectivity index (χ0) is 15.0. The van der Waals surface area contributed by atoms with Crippen LogP contribution in [0.3, 0.4) is 0 Å². The Hall–Kier alpha value is -1.37. The monoisotopic (exact) mass is 325 g/mol. The summed E-state index contributed by atoms with van der Waals surface area (Å²) in [7, 11) is 0. The number of aliphatic hydroxyl groups is 1. The van der Waals surface area contributed by atoms with Crippen LogP contribution < -0.4 is 0 Å². The predicted octanol–water partition coefficient (Wildman–Crippen LogP) is 2.44. The Labute approximate surface area is 131 Å². The highest BCUT2D eigenvalue weighted by atomic mass is 35.5. The lowest BCUT2D eigenvalue weighted by atomic mass is 9.94. The van der Waals surface area contributed by atoms with Crippen molar-refractivity contribution in [2.75, 3.05) is 13.1 Å². The van der Waals surface area contributed by atoms with Gasteiger partial charge < -0.3 is 10.0 Å². The average Bonchev–Trinajstić information content (AvgIpc) is 2.97. The van der Waals surface area contributed by atoms with Gasteiger partial charge in [0, 0.05) is 30.7 Å². The normalized spacial score (nSPS) is 18.7. The van der Waals surface area contributed by atoms with Crippen molar-refractivity contribution >= 4 is 39.9 Å². The van der Waals surface area contributed by atoms with Gasteiger partial charge in [0.15, 0.2) is 10.1 Å². The molecule has 0 aliphatic carbocycles. The van der Waals surface area contributed by atoms with E-state index in [0.717, 1.165) is 4.96 Å². The number of nitrogens with zero attached hydrogens (tertiary/aromatic N) is 3. The van der Waals surface area contributed by atoms with Crippen molar-refractivity contribution in [1.29, 1.82) is 0 Å². The van der Waals surface area contributed by atoms with Crippen LogP contribution in [0, 0.1) is 0 Å². The molecule has 1 saturated heterocycles. The van der Waals surface area contributed by atoms with Gasteiger partial charge in [-0.2, -0.15) is 0 Å². The van der Waals surface area contributed by atoms with Crippen molar-refractivity contribution in [2.24, 2.45) is 0 Å². The smallest absolute Gasteiger partial charge is 0.246 e. The number of carbonyl (C=O) groups is 1. The van der Waals surface area contributed by atoms with Crippen molar-refractivity contribution in [3.05, 3.63) is 28.5 Å². The van der Waals surface area contributed by atoms with E-state index in [1.54, 1.807) is 11.0 Å². The fourth-order valence-electron chi connectivity index (χ4n) is 2.39. The molecule has 3 rings (SSSR count). The van der Waals surface area contributed by atoms with E-state index >= 15 is 0 Å². The molecule has 0 saturated carbocycles. The highest BCUT2D eigenvalue weighted by Crippen LogP contribution is 2.23. The minimum absolute atomic E-state index is 0.0632. The van der Waals surface area contributed by atoms with Crippen LogP contribution in [0.4, 0.5) is 0 Å². The molecule has 0 spiro atoms. The Morgan fingerprint density at radius 2 is 2.24 bits per heavy atom. The number of hydrogen-bond donors (Lipinski definition) is 1. The van der Waals surface area contributed by atoms with E-state index < -0.39 is 5.60 Å². The zero-order valence-electron chi connectivity index (χ0n) is 11.6. The first-order valence-electron chi connectivity index (χ1n) is 6.77. The minimum Gasteiger partial charge on any atom is -0.390 e. The van der Waals surface area contributed by atoms with E-state index in [1.807, 2.05) is 22.9 Å². The number of aromatic nitrogens is 2. The molecule has 1 N–H and O–H groups in total. The third-order valence-corrected chi connectivity index (χ3v) is 4.82. The highest BCUT2D eigenvalue weighted by molar-refractivity contribution is 7.15. The van der Waals surface area contributed by atoms with E-state index in [2.05, 4.69) is 4.98 Å². The maximum absolute atomic E-state index is 12.2. The number of likely N-dealkylation sites (tertiary alicyclic amines) is 1. The van der Waals surface area contributed by atoms with Gasteiger partial charge in [-0.15, -0.1) is 11.3 Å². The van der Waals surface area contributed by atoms with Gasteiger partial charge in [0.1, 0.15) is 0 Å². The summed E-state index contributed by atoms with van der Waals surface area (Å²) in [5.41, 5.74) is 0.0585. The number of thiazole rings is 1. The summed E-state index contributed by atoms with van der Waals surface area (Å²) >= 11 is 7.58. The SMILES string of the molecule is CC1(O)CCN(C(=O)/C=C/c2c(Cl)nc3sccn23)CC1. The number of rotatable bonds is 2. The maximum Gasteiger partial charge on any atom is 0.246 e. The first-order chi connectivity index (χ1) is 9.96. The van der Waals surface area contributed by atoms with Crippen LogP contribution in [0.25, 0.3) is 11.0 Å². The minimum atomic E-state index is -0.655. The van der Waals surface area contributed by atoms with Gasteiger partial charge in [-0.3, -0.25) is 9.20 Å².